The lowest BCUT2D eigenvalue weighted by Gasteiger charge is -2.10. The second-order valence-corrected chi connectivity index (χ2v) is 4.04. The van der Waals surface area contributed by atoms with Crippen molar-refractivity contribution in [2.75, 3.05) is 13.2 Å². The molecule has 0 radical (unpaired) electrons. The molecule has 106 valence electrons. The van der Waals surface area contributed by atoms with Crippen molar-refractivity contribution in [1.29, 1.82) is 0 Å². The number of nitro benzene ring substituents is 1. The Hall–Kier alpha value is -2.55. The largest absolute Gasteiger partial charge is 0.480 e. The van der Waals surface area contributed by atoms with Gasteiger partial charge in [0.2, 0.25) is 0 Å². The van der Waals surface area contributed by atoms with E-state index in [2.05, 4.69) is 11.2 Å². The molecule has 1 rings (SSSR count). The highest BCUT2D eigenvalue weighted by Gasteiger charge is 2.17. The number of nitrogens with one attached hydrogen (secondary N) is 1. The highest BCUT2D eigenvalue weighted by molar-refractivity contribution is 5.97. The van der Waals surface area contributed by atoms with Gasteiger partial charge in [-0.1, -0.05) is 19.3 Å². The molecule has 0 unspecified atom stereocenters. The summed E-state index contributed by atoms with van der Waals surface area (Å²) in [5, 5.41) is 13.5. The predicted molar refractivity (Wildman–Crippen MR) is 74.7 cm³/mol. The smallest absolute Gasteiger partial charge is 0.270 e. The van der Waals surface area contributed by atoms with Crippen LogP contribution in [0.4, 0.5) is 5.69 Å². The summed E-state index contributed by atoms with van der Waals surface area (Å²) in [5.41, 5.74) is -0.0516. The molecule has 0 atom stereocenters. The first-order chi connectivity index (χ1) is 9.60. The summed E-state index contributed by atoms with van der Waals surface area (Å²) < 4.78 is 5.23. The quantitative estimate of drug-likeness (QED) is 0.358. The maximum atomic E-state index is 12.0. The monoisotopic (exact) mass is 276 g/mol. The summed E-state index contributed by atoms with van der Waals surface area (Å²) in [6.07, 6.45) is 6.87. The van der Waals surface area contributed by atoms with Crippen molar-refractivity contribution < 1.29 is 14.5 Å². The fraction of sp³-hybridized carbons (Fsp3) is 0.357. The first kappa shape index (κ1) is 15.5. The van der Waals surface area contributed by atoms with E-state index in [0.717, 1.165) is 12.8 Å². The molecule has 1 N–H and O–H groups in total. The fourth-order valence-corrected chi connectivity index (χ4v) is 1.53. The molecular weight excluding hydrogens is 260 g/mol. The maximum absolute atomic E-state index is 12.0. The molecule has 1 amide bonds. The number of nitro groups is 1. The van der Waals surface area contributed by atoms with Gasteiger partial charge in [-0.15, -0.1) is 6.42 Å². The predicted octanol–water partition coefficient (Wildman–Crippen LogP) is 2.14. The Labute approximate surface area is 117 Å². The molecule has 0 aliphatic carbocycles. The van der Waals surface area contributed by atoms with Gasteiger partial charge in [0.05, 0.1) is 10.5 Å². The van der Waals surface area contributed by atoms with E-state index in [9.17, 15) is 14.9 Å². The lowest BCUT2D eigenvalue weighted by molar-refractivity contribution is -0.384. The first-order valence-electron chi connectivity index (χ1n) is 6.23. The van der Waals surface area contributed by atoms with E-state index in [-0.39, 0.29) is 23.6 Å². The molecule has 0 saturated carbocycles. The number of terminal acetylenes is 1. The van der Waals surface area contributed by atoms with Gasteiger partial charge in [0.1, 0.15) is 12.4 Å². The van der Waals surface area contributed by atoms with Crippen LogP contribution in [0.25, 0.3) is 0 Å². The Balaban J connectivity index is 2.98. The van der Waals surface area contributed by atoms with Crippen molar-refractivity contribution in [1.82, 2.24) is 5.32 Å². The van der Waals surface area contributed by atoms with Gasteiger partial charge >= 0.3 is 0 Å². The van der Waals surface area contributed by atoms with Crippen LogP contribution in [-0.2, 0) is 0 Å². The molecule has 0 saturated heterocycles. The molecular formula is C14H16N2O4. The molecule has 0 spiro atoms. The molecule has 0 bridgehead atoms. The van der Waals surface area contributed by atoms with Crippen molar-refractivity contribution in [2.24, 2.45) is 0 Å². The van der Waals surface area contributed by atoms with Gasteiger partial charge in [-0.3, -0.25) is 14.9 Å². The van der Waals surface area contributed by atoms with Gasteiger partial charge in [0.15, 0.2) is 0 Å². The molecule has 1 aromatic rings. The molecule has 0 fully saturated rings. The number of hydrogen-bond donors (Lipinski definition) is 1. The Bertz CT molecular complexity index is 534. The first-order valence-corrected chi connectivity index (χ1v) is 6.23. The lowest BCUT2D eigenvalue weighted by atomic mass is 10.1. The minimum atomic E-state index is -0.562. The zero-order chi connectivity index (χ0) is 15.0. The SMILES string of the molecule is C#CCOc1ccc([N+](=O)[O-])cc1C(=O)NCCCC. The number of carbonyl (C=O) groups is 1. The van der Waals surface area contributed by atoms with Crippen LogP contribution in [0.1, 0.15) is 30.1 Å². The second-order valence-electron chi connectivity index (χ2n) is 4.04. The van der Waals surface area contributed by atoms with Crippen molar-refractivity contribution in [3.05, 3.63) is 33.9 Å². The zero-order valence-corrected chi connectivity index (χ0v) is 11.2. The molecule has 6 nitrogen and oxygen atoms in total. The standard InChI is InChI=1S/C14H16N2O4/c1-3-5-8-15-14(17)12-10-11(16(18)19)6-7-13(12)20-9-4-2/h2,6-7,10H,3,5,8-9H2,1H3,(H,15,17). The maximum Gasteiger partial charge on any atom is 0.270 e. The molecule has 6 heteroatoms. The van der Waals surface area contributed by atoms with E-state index in [0.29, 0.717) is 6.54 Å². The molecule has 20 heavy (non-hydrogen) atoms. The molecule has 0 aromatic heterocycles. The summed E-state index contributed by atoms with van der Waals surface area (Å²) in [4.78, 5) is 22.2. The highest BCUT2D eigenvalue weighted by Crippen LogP contribution is 2.24. The van der Waals surface area contributed by atoms with Gasteiger partial charge in [-0.05, 0) is 12.5 Å². The van der Waals surface area contributed by atoms with E-state index < -0.39 is 10.8 Å². The number of hydrogen-bond acceptors (Lipinski definition) is 4. The summed E-state index contributed by atoms with van der Waals surface area (Å²) in [5.74, 6) is 2.11. The van der Waals surface area contributed by atoms with E-state index in [1.807, 2.05) is 6.92 Å². The van der Waals surface area contributed by atoms with Crippen LogP contribution in [0.5, 0.6) is 5.75 Å². The third kappa shape index (κ3) is 4.28. The number of unbranched alkanes of at least 4 members (excludes halogenated alkanes) is 1. The number of amides is 1. The summed E-state index contributed by atoms with van der Waals surface area (Å²) in [7, 11) is 0. The average Bonchev–Trinajstić information content (AvgIpc) is 2.44. The van der Waals surface area contributed by atoms with E-state index in [1.165, 1.54) is 18.2 Å². The van der Waals surface area contributed by atoms with Gasteiger partial charge in [0, 0.05) is 18.7 Å². The van der Waals surface area contributed by atoms with Crippen LogP contribution in [0.2, 0.25) is 0 Å². The van der Waals surface area contributed by atoms with Gasteiger partial charge < -0.3 is 10.1 Å². The Morgan fingerprint density at radius 3 is 2.90 bits per heavy atom. The molecule has 0 aliphatic heterocycles. The third-order valence-corrected chi connectivity index (χ3v) is 2.55. The van der Waals surface area contributed by atoms with Crippen LogP contribution < -0.4 is 10.1 Å². The Kier molecular flexibility index (Phi) is 6.04. The second kappa shape index (κ2) is 7.79. The van der Waals surface area contributed by atoms with E-state index in [4.69, 9.17) is 11.2 Å². The Morgan fingerprint density at radius 1 is 1.55 bits per heavy atom. The van der Waals surface area contributed by atoms with Crippen molar-refractivity contribution in [2.45, 2.75) is 19.8 Å². The molecule has 0 heterocycles. The number of nitrogens with zero attached hydrogens (tertiary/aromatic N) is 1. The normalized spacial score (nSPS) is 9.60. The zero-order valence-electron chi connectivity index (χ0n) is 11.2. The van der Waals surface area contributed by atoms with E-state index in [1.54, 1.807) is 0 Å². The number of benzene rings is 1. The van der Waals surface area contributed by atoms with Gasteiger partial charge in [0.25, 0.3) is 11.6 Å². The van der Waals surface area contributed by atoms with Crippen LogP contribution in [0.3, 0.4) is 0 Å². The summed E-state index contributed by atoms with van der Waals surface area (Å²) in [6, 6.07) is 3.84. The number of non-ortho nitro benzene ring substituents is 1. The fourth-order valence-electron chi connectivity index (χ4n) is 1.53. The minimum Gasteiger partial charge on any atom is -0.480 e. The van der Waals surface area contributed by atoms with Crippen LogP contribution in [0, 0.1) is 22.5 Å². The van der Waals surface area contributed by atoms with Crippen LogP contribution >= 0.6 is 0 Å². The average molecular weight is 276 g/mol. The highest BCUT2D eigenvalue weighted by atomic mass is 16.6. The lowest BCUT2D eigenvalue weighted by Crippen LogP contribution is -2.25. The van der Waals surface area contributed by atoms with Gasteiger partial charge in [-0.2, -0.15) is 0 Å². The summed E-state index contributed by atoms with van der Waals surface area (Å²) in [6.45, 7) is 2.50. The molecule has 1 aromatic carbocycles. The third-order valence-electron chi connectivity index (χ3n) is 2.55. The summed E-state index contributed by atoms with van der Waals surface area (Å²) >= 11 is 0. The number of rotatable bonds is 7. The van der Waals surface area contributed by atoms with Crippen molar-refractivity contribution >= 4 is 11.6 Å². The van der Waals surface area contributed by atoms with Crippen LogP contribution in [-0.4, -0.2) is 24.0 Å². The van der Waals surface area contributed by atoms with Crippen molar-refractivity contribution in [3.8, 4) is 18.1 Å². The van der Waals surface area contributed by atoms with Gasteiger partial charge in [-0.25, -0.2) is 0 Å². The minimum absolute atomic E-state index is 0.00689. The van der Waals surface area contributed by atoms with E-state index >= 15 is 0 Å². The number of ether oxygens (including phenoxy) is 1. The molecule has 0 aliphatic rings. The van der Waals surface area contributed by atoms with Crippen LogP contribution in [0.15, 0.2) is 18.2 Å². The number of carbonyl (C=O) groups excluding carboxylic acids is 1. The van der Waals surface area contributed by atoms with Crippen molar-refractivity contribution in [3.63, 3.8) is 0 Å². The topological polar surface area (TPSA) is 81.5 Å². The Morgan fingerprint density at radius 2 is 2.30 bits per heavy atom.